The van der Waals surface area contributed by atoms with Gasteiger partial charge in [0, 0.05) is 7.11 Å². The zero-order chi connectivity index (χ0) is 14.5. The number of carboxylic acid groups (broad SMARTS) is 1. The van der Waals surface area contributed by atoms with Crippen molar-refractivity contribution in [3.05, 3.63) is 41.2 Å². The number of rotatable bonds is 6. The number of hydrogen-bond donors (Lipinski definition) is 1. The van der Waals surface area contributed by atoms with Crippen molar-refractivity contribution in [2.24, 2.45) is 0 Å². The number of carbonyl (C=O) groups is 1. The first-order valence-electron chi connectivity index (χ1n) is 5.93. The van der Waals surface area contributed by atoms with Gasteiger partial charge in [0.2, 0.25) is 0 Å². The maximum atomic E-state index is 11.1. The standard InChI is InChI=1S/C13H15N3O4/c1-19-8-11-12(13(17)18)14-15-16(11)7-9-3-5-10(20-2)6-4-9/h3-6H,7-8H2,1-2H3,(H,17,18). The molecule has 0 unspecified atom stereocenters. The van der Waals surface area contributed by atoms with E-state index in [9.17, 15) is 4.79 Å². The van der Waals surface area contributed by atoms with Crippen LogP contribution in [0.25, 0.3) is 0 Å². The van der Waals surface area contributed by atoms with Crippen molar-refractivity contribution >= 4 is 5.97 Å². The molecule has 0 radical (unpaired) electrons. The lowest BCUT2D eigenvalue weighted by Gasteiger charge is -2.07. The maximum absolute atomic E-state index is 11.1. The number of carboxylic acids is 1. The lowest BCUT2D eigenvalue weighted by atomic mass is 10.2. The van der Waals surface area contributed by atoms with Crippen LogP contribution in [0.1, 0.15) is 21.7 Å². The molecule has 0 bridgehead atoms. The number of aromatic nitrogens is 3. The molecule has 0 atom stereocenters. The van der Waals surface area contributed by atoms with E-state index in [1.54, 1.807) is 7.11 Å². The average molecular weight is 277 g/mol. The first-order valence-corrected chi connectivity index (χ1v) is 5.93. The highest BCUT2D eigenvalue weighted by Crippen LogP contribution is 2.14. The van der Waals surface area contributed by atoms with Crippen LogP contribution >= 0.6 is 0 Å². The predicted octanol–water partition coefficient (Wildman–Crippen LogP) is 1.18. The molecule has 2 aromatic rings. The topological polar surface area (TPSA) is 86.5 Å². The number of methoxy groups -OCH3 is 2. The maximum Gasteiger partial charge on any atom is 0.358 e. The molecule has 0 saturated heterocycles. The monoisotopic (exact) mass is 277 g/mol. The van der Waals surface area contributed by atoms with E-state index in [-0.39, 0.29) is 12.3 Å². The Kier molecular flexibility index (Phi) is 4.31. The van der Waals surface area contributed by atoms with Crippen molar-refractivity contribution in [3.8, 4) is 5.75 Å². The van der Waals surface area contributed by atoms with Gasteiger partial charge in [0.05, 0.1) is 26.0 Å². The van der Waals surface area contributed by atoms with E-state index in [2.05, 4.69) is 10.3 Å². The number of benzene rings is 1. The Balaban J connectivity index is 2.25. The van der Waals surface area contributed by atoms with Crippen LogP contribution in [0, 0.1) is 0 Å². The molecule has 106 valence electrons. The molecular formula is C13H15N3O4. The van der Waals surface area contributed by atoms with Gasteiger partial charge in [-0.1, -0.05) is 17.3 Å². The number of ether oxygens (including phenoxy) is 2. The quantitative estimate of drug-likeness (QED) is 0.853. The van der Waals surface area contributed by atoms with E-state index < -0.39 is 5.97 Å². The summed E-state index contributed by atoms with van der Waals surface area (Å²) in [6.07, 6.45) is 0. The van der Waals surface area contributed by atoms with Crippen LogP contribution in [-0.2, 0) is 17.9 Å². The summed E-state index contributed by atoms with van der Waals surface area (Å²) < 4.78 is 11.6. The second kappa shape index (κ2) is 6.16. The number of nitrogens with zero attached hydrogens (tertiary/aromatic N) is 3. The molecule has 0 aliphatic rings. The molecule has 7 nitrogen and oxygen atoms in total. The summed E-state index contributed by atoms with van der Waals surface area (Å²) in [5.74, 6) is -0.353. The highest BCUT2D eigenvalue weighted by Gasteiger charge is 2.18. The average Bonchev–Trinajstić information content (AvgIpc) is 2.83. The van der Waals surface area contributed by atoms with Crippen LogP contribution in [0.4, 0.5) is 0 Å². The molecule has 0 aliphatic heterocycles. The van der Waals surface area contributed by atoms with Crippen molar-refractivity contribution in [2.45, 2.75) is 13.2 Å². The molecule has 1 aromatic carbocycles. The van der Waals surface area contributed by atoms with E-state index in [0.717, 1.165) is 11.3 Å². The van der Waals surface area contributed by atoms with Crippen LogP contribution in [0.3, 0.4) is 0 Å². The molecule has 2 rings (SSSR count). The third-order valence-electron chi connectivity index (χ3n) is 2.81. The van der Waals surface area contributed by atoms with Gasteiger partial charge in [0.25, 0.3) is 0 Å². The fraction of sp³-hybridized carbons (Fsp3) is 0.308. The Bertz CT molecular complexity index is 592. The Morgan fingerprint density at radius 1 is 1.30 bits per heavy atom. The summed E-state index contributed by atoms with van der Waals surface area (Å²) in [6, 6.07) is 7.44. The van der Waals surface area contributed by atoms with Gasteiger partial charge in [-0.3, -0.25) is 0 Å². The fourth-order valence-corrected chi connectivity index (χ4v) is 1.81. The van der Waals surface area contributed by atoms with E-state index in [4.69, 9.17) is 14.6 Å². The second-order valence-corrected chi connectivity index (χ2v) is 4.13. The van der Waals surface area contributed by atoms with E-state index in [1.165, 1.54) is 11.8 Å². The highest BCUT2D eigenvalue weighted by atomic mass is 16.5. The lowest BCUT2D eigenvalue weighted by molar-refractivity contribution is 0.0684. The largest absolute Gasteiger partial charge is 0.497 e. The summed E-state index contributed by atoms with van der Waals surface area (Å²) >= 11 is 0. The molecule has 0 amide bonds. The summed E-state index contributed by atoms with van der Waals surface area (Å²) in [5.41, 5.74) is 1.32. The Hall–Kier alpha value is -2.41. The first kappa shape index (κ1) is 14.0. The minimum absolute atomic E-state index is 0.0830. The third-order valence-corrected chi connectivity index (χ3v) is 2.81. The molecule has 1 aromatic heterocycles. The normalized spacial score (nSPS) is 10.5. The van der Waals surface area contributed by atoms with E-state index >= 15 is 0 Å². The van der Waals surface area contributed by atoms with Crippen molar-refractivity contribution in [1.29, 1.82) is 0 Å². The van der Waals surface area contributed by atoms with Gasteiger partial charge in [-0.05, 0) is 17.7 Å². The van der Waals surface area contributed by atoms with Crippen molar-refractivity contribution < 1.29 is 19.4 Å². The lowest BCUT2D eigenvalue weighted by Crippen LogP contribution is -2.10. The zero-order valence-electron chi connectivity index (χ0n) is 11.2. The highest BCUT2D eigenvalue weighted by molar-refractivity contribution is 5.86. The molecule has 1 N–H and O–H groups in total. The van der Waals surface area contributed by atoms with Crippen LogP contribution in [-0.4, -0.2) is 40.3 Å². The Labute approximate surface area is 115 Å². The van der Waals surface area contributed by atoms with Crippen LogP contribution < -0.4 is 4.74 Å². The van der Waals surface area contributed by atoms with Crippen LogP contribution in [0.5, 0.6) is 5.75 Å². The number of aromatic carboxylic acids is 1. The molecule has 7 heteroatoms. The summed E-state index contributed by atoms with van der Waals surface area (Å²) in [7, 11) is 3.10. The SMILES string of the molecule is COCc1c(C(=O)O)nnn1Cc1ccc(OC)cc1. The van der Waals surface area contributed by atoms with Gasteiger partial charge in [-0.25, -0.2) is 9.48 Å². The summed E-state index contributed by atoms with van der Waals surface area (Å²) in [5, 5.41) is 16.6. The minimum atomic E-state index is -1.11. The molecule has 0 aliphatic carbocycles. The van der Waals surface area contributed by atoms with E-state index in [0.29, 0.717) is 12.2 Å². The Morgan fingerprint density at radius 2 is 2.00 bits per heavy atom. The van der Waals surface area contributed by atoms with Crippen LogP contribution in [0.2, 0.25) is 0 Å². The minimum Gasteiger partial charge on any atom is -0.497 e. The summed E-state index contributed by atoms with van der Waals surface area (Å²) in [6.45, 7) is 0.563. The van der Waals surface area contributed by atoms with Gasteiger partial charge in [-0.15, -0.1) is 5.10 Å². The molecule has 0 fully saturated rings. The van der Waals surface area contributed by atoms with Crippen molar-refractivity contribution in [1.82, 2.24) is 15.0 Å². The second-order valence-electron chi connectivity index (χ2n) is 4.13. The van der Waals surface area contributed by atoms with Gasteiger partial charge in [-0.2, -0.15) is 0 Å². The first-order chi connectivity index (χ1) is 9.65. The van der Waals surface area contributed by atoms with Gasteiger partial charge >= 0.3 is 5.97 Å². The third kappa shape index (κ3) is 2.94. The van der Waals surface area contributed by atoms with Gasteiger partial charge < -0.3 is 14.6 Å². The van der Waals surface area contributed by atoms with Crippen LogP contribution in [0.15, 0.2) is 24.3 Å². The van der Waals surface area contributed by atoms with Gasteiger partial charge in [0.15, 0.2) is 5.69 Å². The molecule has 20 heavy (non-hydrogen) atoms. The Morgan fingerprint density at radius 3 is 2.55 bits per heavy atom. The number of hydrogen-bond acceptors (Lipinski definition) is 5. The molecular weight excluding hydrogens is 262 g/mol. The van der Waals surface area contributed by atoms with Crippen molar-refractivity contribution in [3.63, 3.8) is 0 Å². The van der Waals surface area contributed by atoms with Gasteiger partial charge in [0.1, 0.15) is 5.75 Å². The molecule has 0 saturated carbocycles. The molecule has 0 spiro atoms. The predicted molar refractivity (Wildman–Crippen MR) is 69.8 cm³/mol. The molecule has 1 heterocycles. The van der Waals surface area contributed by atoms with E-state index in [1.807, 2.05) is 24.3 Å². The zero-order valence-corrected chi connectivity index (χ0v) is 11.2. The summed E-state index contributed by atoms with van der Waals surface area (Å²) in [4.78, 5) is 11.1. The smallest absolute Gasteiger partial charge is 0.358 e. The fourth-order valence-electron chi connectivity index (χ4n) is 1.81. The van der Waals surface area contributed by atoms with Crippen molar-refractivity contribution in [2.75, 3.05) is 14.2 Å².